The molecule has 0 aromatic carbocycles. The Kier molecular flexibility index (Phi) is 4.09. The van der Waals surface area contributed by atoms with Crippen molar-refractivity contribution in [1.82, 2.24) is 14.3 Å². The monoisotopic (exact) mass is 301 g/mol. The molecule has 3 heterocycles. The van der Waals surface area contributed by atoms with Crippen LogP contribution in [0.15, 0.2) is 30.6 Å². The third-order valence-corrected chi connectivity index (χ3v) is 3.99. The summed E-state index contributed by atoms with van der Waals surface area (Å²) in [5.74, 6) is -0.321. The molecule has 0 atom stereocenters. The Labute approximate surface area is 128 Å². The zero-order chi connectivity index (χ0) is 15.5. The minimum Gasteiger partial charge on any atom is -0.466 e. The Morgan fingerprint density at radius 1 is 1.32 bits per heavy atom. The van der Waals surface area contributed by atoms with Gasteiger partial charge >= 0.3 is 5.97 Å². The van der Waals surface area contributed by atoms with E-state index in [1.54, 1.807) is 18.0 Å². The van der Waals surface area contributed by atoms with E-state index in [4.69, 9.17) is 4.74 Å². The van der Waals surface area contributed by atoms with Gasteiger partial charge in [-0.15, -0.1) is 0 Å². The number of pyridine rings is 1. The predicted octanol–water partition coefficient (Wildman–Crippen LogP) is 1.75. The van der Waals surface area contributed by atoms with Gasteiger partial charge in [0.15, 0.2) is 0 Å². The highest BCUT2D eigenvalue weighted by molar-refractivity contribution is 5.93. The Morgan fingerprint density at radius 2 is 2.09 bits per heavy atom. The van der Waals surface area contributed by atoms with E-state index in [0.717, 1.165) is 5.65 Å². The van der Waals surface area contributed by atoms with Crippen molar-refractivity contribution in [2.45, 2.75) is 19.8 Å². The number of amides is 1. The van der Waals surface area contributed by atoms with Crippen molar-refractivity contribution in [2.75, 3.05) is 19.7 Å². The van der Waals surface area contributed by atoms with Crippen LogP contribution in [0.5, 0.6) is 0 Å². The highest BCUT2D eigenvalue weighted by atomic mass is 16.5. The molecule has 1 aliphatic rings. The fourth-order valence-electron chi connectivity index (χ4n) is 2.78. The third-order valence-electron chi connectivity index (χ3n) is 3.99. The van der Waals surface area contributed by atoms with Crippen LogP contribution in [0.1, 0.15) is 30.3 Å². The maximum absolute atomic E-state index is 12.5. The lowest BCUT2D eigenvalue weighted by atomic mass is 9.97. The van der Waals surface area contributed by atoms with Gasteiger partial charge in [-0.05, 0) is 31.9 Å². The molecule has 1 amide bonds. The molecule has 1 saturated heterocycles. The number of carbonyl (C=O) groups is 2. The number of hydrogen-bond donors (Lipinski definition) is 0. The Hall–Kier alpha value is -2.37. The summed E-state index contributed by atoms with van der Waals surface area (Å²) in [5.41, 5.74) is 1.20. The van der Waals surface area contributed by atoms with E-state index in [1.165, 1.54) is 0 Å². The molecule has 116 valence electrons. The van der Waals surface area contributed by atoms with Gasteiger partial charge < -0.3 is 14.0 Å². The number of nitrogens with zero attached hydrogens (tertiary/aromatic N) is 3. The molecule has 1 fully saturated rings. The van der Waals surface area contributed by atoms with E-state index in [2.05, 4.69) is 4.98 Å². The smallest absolute Gasteiger partial charge is 0.309 e. The quantitative estimate of drug-likeness (QED) is 0.810. The number of aromatic nitrogens is 2. The van der Waals surface area contributed by atoms with Gasteiger partial charge in [-0.1, -0.05) is 6.07 Å². The fraction of sp³-hybridized carbons (Fsp3) is 0.438. The average Bonchev–Trinajstić information content (AvgIpc) is 2.98. The van der Waals surface area contributed by atoms with Gasteiger partial charge in [0, 0.05) is 25.5 Å². The highest BCUT2D eigenvalue weighted by Crippen LogP contribution is 2.20. The van der Waals surface area contributed by atoms with Crippen LogP contribution >= 0.6 is 0 Å². The predicted molar refractivity (Wildman–Crippen MR) is 80.5 cm³/mol. The molecule has 0 unspecified atom stereocenters. The van der Waals surface area contributed by atoms with Gasteiger partial charge in [0.2, 0.25) is 0 Å². The van der Waals surface area contributed by atoms with Crippen LogP contribution in [0.2, 0.25) is 0 Å². The molecular formula is C16H19N3O3. The van der Waals surface area contributed by atoms with E-state index in [0.29, 0.717) is 38.2 Å². The molecule has 0 saturated carbocycles. The van der Waals surface area contributed by atoms with Crippen LogP contribution in [0.25, 0.3) is 5.65 Å². The summed E-state index contributed by atoms with van der Waals surface area (Å²) < 4.78 is 6.88. The van der Waals surface area contributed by atoms with Crippen molar-refractivity contribution in [2.24, 2.45) is 5.92 Å². The minimum absolute atomic E-state index is 0.0778. The van der Waals surface area contributed by atoms with Crippen molar-refractivity contribution in [3.63, 3.8) is 0 Å². The van der Waals surface area contributed by atoms with Gasteiger partial charge in [-0.2, -0.15) is 0 Å². The molecule has 2 aromatic rings. The zero-order valence-corrected chi connectivity index (χ0v) is 12.6. The summed E-state index contributed by atoms with van der Waals surface area (Å²) >= 11 is 0. The van der Waals surface area contributed by atoms with Crippen LogP contribution in [0.4, 0.5) is 0 Å². The molecule has 22 heavy (non-hydrogen) atoms. The SMILES string of the molecule is CCOC(=O)C1CCN(C(=O)c2cn3ccccc3n2)CC1. The zero-order valence-electron chi connectivity index (χ0n) is 12.6. The second-order valence-electron chi connectivity index (χ2n) is 5.41. The van der Waals surface area contributed by atoms with E-state index < -0.39 is 0 Å². The number of fused-ring (bicyclic) bond motifs is 1. The third kappa shape index (κ3) is 2.81. The van der Waals surface area contributed by atoms with Crippen molar-refractivity contribution in [1.29, 1.82) is 0 Å². The molecule has 0 radical (unpaired) electrons. The van der Waals surface area contributed by atoms with Crippen molar-refractivity contribution < 1.29 is 14.3 Å². The molecule has 6 heteroatoms. The summed E-state index contributed by atoms with van der Waals surface area (Å²) in [6.07, 6.45) is 4.91. The lowest BCUT2D eigenvalue weighted by molar-refractivity contribution is -0.149. The largest absolute Gasteiger partial charge is 0.466 e. The standard InChI is InChI=1S/C16H19N3O3/c1-2-22-16(21)12-6-9-18(10-7-12)15(20)13-11-19-8-4-3-5-14(19)17-13/h3-5,8,11-12H,2,6-7,9-10H2,1H3. The first-order chi connectivity index (χ1) is 10.7. The Balaban J connectivity index is 1.65. The molecule has 0 N–H and O–H groups in total. The van der Waals surface area contributed by atoms with Crippen molar-refractivity contribution in [3.05, 3.63) is 36.3 Å². The van der Waals surface area contributed by atoms with Gasteiger partial charge in [0.1, 0.15) is 11.3 Å². The van der Waals surface area contributed by atoms with E-state index >= 15 is 0 Å². The number of likely N-dealkylation sites (tertiary alicyclic amines) is 1. The number of hydrogen-bond acceptors (Lipinski definition) is 4. The number of ether oxygens (including phenoxy) is 1. The maximum Gasteiger partial charge on any atom is 0.309 e. The second kappa shape index (κ2) is 6.17. The minimum atomic E-state index is -0.151. The fourth-order valence-corrected chi connectivity index (χ4v) is 2.78. The second-order valence-corrected chi connectivity index (χ2v) is 5.41. The topological polar surface area (TPSA) is 63.9 Å². The number of esters is 1. The summed E-state index contributed by atoms with van der Waals surface area (Å²) in [5, 5.41) is 0. The van der Waals surface area contributed by atoms with Gasteiger partial charge in [-0.25, -0.2) is 4.98 Å². The summed E-state index contributed by atoms with van der Waals surface area (Å²) in [6.45, 7) is 3.34. The first-order valence-electron chi connectivity index (χ1n) is 7.58. The first kappa shape index (κ1) is 14.6. The van der Waals surface area contributed by atoms with Crippen LogP contribution in [-0.2, 0) is 9.53 Å². The van der Waals surface area contributed by atoms with E-state index in [9.17, 15) is 9.59 Å². The van der Waals surface area contributed by atoms with Crippen LogP contribution in [0, 0.1) is 5.92 Å². The number of rotatable bonds is 3. The molecule has 3 rings (SSSR count). The number of carbonyl (C=O) groups excluding carboxylic acids is 2. The van der Waals surface area contributed by atoms with Crippen LogP contribution < -0.4 is 0 Å². The molecule has 1 aliphatic heterocycles. The Bertz CT molecular complexity index is 654. The van der Waals surface area contributed by atoms with Gasteiger partial charge in [0.25, 0.3) is 5.91 Å². The summed E-state index contributed by atoms with van der Waals surface area (Å²) in [6, 6.07) is 5.65. The summed E-state index contributed by atoms with van der Waals surface area (Å²) in [4.78, 5) is 30.3. The highest BCUT2D eigenvalue weighted by Gasteiger charge is 2.29. The first-order valence-corrected chi connectivity index (χ1v) is 7.58. The molecular weight excluding hydrogens is 282 g/mol. The van der Waals surface area contributed by atoms with E-state index in [1.807, 2.05) is 28.8 Å². The van der Waals surface area contributed by atoms with Crippen LogP contribution in [-0.4, -0.2) is 45.9 Å². The summed E-state index contributed by atoms with van der Waals surface area (Å²) in [7, 11) is 0. The van der Waals surface area contributed by atoms with Crippen molar-refractivity contribution in [3.8, 4) is 0 Å². The molecule has 0 aliphatic carbocycles. The lowest BCUT2D eigenvalue weighted by Gasteiger charge is -2.30. The lowest BCUT2D eigenvalue weighted by Crippen LogP contribution is -2.40. The van der Waals surface area contributed by atoms with Gasteiger partial charge in [-0.3, -0.25) is 9.59 Å². The normalized spacial score (nSPS) is 16.0. The van der Waals surface area contributed by atoms with Crippen LogP contribution in [0.3, 0.4) is 0 Å². The van der Waals surface area contributed by atoms with Gasteiger partial charge in [0.05, 0.1) is 12.5 Å². The van der Waals surface area contributed by atoms with Crippen molar-refractivity contribution >= 4 is 17.5 Å². The molecule has 0 bridgehead atoms. The molecule has 6 nitrogen and oxygen atoms in total. The number of imidazole rings is 1. The maximum atomic E-state index is 12.5. The number of piperidine rings is 1. The molecule has 2 aromatic heterocycles. The Morgan fingerprint density at radius 3 is 2.77 bits per heavy atom. The van der Waals surface area contributed by atoms with E-state index in [-0.39, 0.29) is 17.8 Å². The molecule has 0 spiro atoms. The average molecular weight is 301 g/mol.